The van der Waals surface area contributed by atoms with Crippen LogP contribution in [-0.4, -0.2) is 62.8 Å². The summed E-state index contributed by atoms with van der Waals surface area (Å²) in [6.45, 7) is 0.171. The van der Waals surface area contributed by atoms with Crippen LogP contribution in [0.5, 0.6) is 5.75 Å². The van der Waals surface area contributed by atoms with Gasteiger partial charge in [-0.15, -0.1) is 23.1 Å². The molecule has 4 heterocycles. The Hall–Kier alpha value is -4.17. The molecular formula is C23H20N6O6S2. The molecule has 1 unspecified atom stereocenters. The number of aromatic nitrogens is 2. The van der Waals surface area contributed by atoms with Gasteiger partial charge in [-0.05, 0) is 11.5 Å². The largest absolute Gasteiger partial charge is 0.543 e. The molecule has 1 aromatic carbocycles. The highest BCUT2D eigenvalue weighted by atomic mass is 32.2. The average molecular weight is 541 g/mol. The monoisotopic (exact) mass is 540 g/mol. The topological polar surface area (TPSA) is 174 Å². The molecule has 0 bridgehead atoms. The molecule has 190 valence electrons. The van der Waals surface area contributed by atoms with E-state index < -0.39 is 29.2 Å². The minimum absolute atomic E-state index is 0.104. The number of phenols is 1. The second-order valence-electron chi connectivity index (χ2n) is 8.19. The van der Waals surface area contributed by atoms with Gasteiger partial charge in [0.25, 0.3) is 11.8 Å². The second-order valence-corrected chi connectivity index (χ2v) is 10.2. The first-order chi connectivity index (χ1) is 17.8. The van der Waals surface area contributed by atoms with Crippen molar-refractivity contribution in [2.45, 2.75) is 18.0 Å². The molecule has 1 fully saturated rings. The zero-order valence-electron chi connectivity index (χ0n) is 19.3. The van der Waals surface area contributed by atoms with Crippen molar-refractivity contribution in [3.05, 3.63) is 59.0 Å². The number of carbonyl (C=O) groups is 3. The van der Waals surface area contributed by atoms with Gasteiger partial charge in [-0.1, -0.05) is 17.3 Å². The number of carbonyl (C=O) groups excluding carboxylic acids is 3. The summed E-state index contributed by atoms with van der Waals surface area (Å²) in [5.74, 6) is -2.38. The lowest BCUT2D eigenvalue weighted by Crippen LogP contribution is -2.71. The Balaban J connectivity index is 1.37. The van der Waals surface area contributed by atoms with Crippen LogP contribution in [0.2, 0.25) is 0 Å². The van der Waals surface area contributed by atoms with E-state index in [4.69, 9.17) is 10.6 Å². The molecule has 2 aromatic heterocycles. The van der Waals surface area contributed by atoms with E-state index in [-0.39, 0.29) is 40.3 Å². The summed E-state index contributed by atoms with van der Waals surface area (Å²) in [5, 5.41) is 31.1. The van der Waals surface area contributed by atoms with Crippen molar-refractivity contribution in [1.82, 2.24) is 15.2 Å². The minimum atomic E-state index is -1.48. The molecule has 2 aliphatic rings. The summed E-state index contributed by atoms with van der Waals surface area (Å²) >= 11 is 2.44. The van der Waals surface area contributed by atoms with Gasteiger partial charge in [0.1, 0.15) is 30.0 Å². The Labute approximate surface area is 218 Å². The first-order valence-electron chi connectivity index (χ1n) is 10.9. The third kappa shape index (κ3) is 4.44. The number of phenolic OH excluding ortho intramolecular Hbond substituents is 1. The molecule has 1 saturated heterocycles. The number of rotatable bonds is 7. The number of carboxylic acids is 1. The summed E-state index contributed by atoms with van der Waals surface area (Å²) in [6.07, 6.45) is 3.48. The summed E-state index contributed by atoms with van der Waals surface area (Å²) in [6, 6.07) is 5.99. The summed E-state index contributed by atoms with van der Waals surface area (Å²) < 4.78 is 1.73. The molecule has 0 saturated carbocycles. The Morgan fingerprint density at radius 3 is 2.92 bits per heavy atom. The summed E-state index contributed by atoms with van der Waals surface area (Å²) in [5.41, 5.74) is 5.93. The number of aliphatic carboxylic acids is 1. The highest BCUT2D eigenvalue weighted by Gasteiger charge is 2.53. The number of hydrogen-bond acceptors (Lipinski definition) is 11. The number of pyridine rings is 1. The zero-order chi connectivity index (χ0) is 26.3. The molecule has 2 amide bonds. The van der Waals surface area contributed by atoms with E-state index in [0.717, 1.165) is 21.6 Å². The number of oxime groups is 1. The molecule has 14 heteroatoms. The van der Waals surface area contributed by atoms with Gasteiger partial charge in [-0.3, -0.25) is 14.5 Å². The first kappa shape index (κ1) is 24.5. The van der Waals surface area contributed by atoms with Crippen LogP contribution >= 0.6 is 23.1 Å². The average Bonchev–Trinajstić information content (AvgIpc) is 3.31. The van der Waals surface area contributed by atoms with E-state index in [2.05, 4.69) is 15.5 Å². The minimum Gasteiger partial charge on any atom is -0.543 e. The number of hydrogen-bond donors (Lipinski definition) is 3. The van der Waals surface area contributed by atoms with Gasteiger partial charge >= 0.3 is 0 Å². The number of nitrogens with two attached hydrogens (primary N) is 1. The molecule has 5 rings (SSSR count). The Morgan fingerprint density at radius 1 is 1.41 bits per heavy atom. The van der Waals surface area contributed by atoms with Gasteiger partial charge in [0.2, 0.25) is 0 Å². The van der Waals surface area contributed by atoms with Crippen LogP contribution in [0.15, 0.2) is 58.5 Å². The predicted octanol–water partition coefficient (Wildman–Crippen LogP) is -0.674. The number of thioether (sulfide) groups is 1. The van der Waals surface area contributed by atoms with E-state index >= 15 is 0 Å². The molecule has 0 radical (unpaired) electrons. The number of thiazole rings is 1. The number of nitrogen functional groups attached to an aromatic ring is 1. The molecule has 37 heavy (non-hydrogen) atoms. The van der Waals surface area contributed by atoms with Gasteiger partial charge < -0.3 is 30.9 Å². The predicted molar refractivity (Wildman–Crippen MR) is 133 cm³/mol. The van der Waals surface area contributed by atoms with Crippen molar-refractivity contribution in [1.29, 1.82) is 0 Å². The van der Waals surface area contributed by atoms with Crippen molar-refractivity contribution in [2.24, 2.45) is 5.16 Å². The van der Waals surface area contributed by atoms with Crippen LogP contribution in [0.3, 0.4) is 0 Å². The fourth-order valence-electron chi connectivity index (χ4n) is 4.26. The van der Waals surface area contributed by atoms with Crippen LogP contribution in [0, 0.1) is 0 Å². The SMILES string of the molecule is CON=C(C(=O)NC1C(=O)N2C(C(=O)[O-])=C(C[n+]3ccc4cccc(O)c4c3)CS[C@H]12)c1csc(N)n1. The van der Waals surface area contributed by atoms with Gasteiger partial charge in [-0.25, -0.2) is 9.55 Å². The molecule has 4 N–H and O–H groups in total. The van der Waals surface area contributed by atoms with Crippen LogP contribution in [0.1, 0.15) is 5.69 Å². The fourth-order valence-corrected chi connectivity index (χ4v) is 6.14. The van der Waals surface area contributed by atoms with E-state index in [9.17, 15) is 24.6 Å². The van der Waals surface area contributed by atoms with Crippen LogP contribution in [0.25, 0.3) is 10.8 Å². The number of fused-ring (bicyclic) bond motifs is 2. The van der Waals surface area contributed by atoms with Gasteiger partial charge in [0.15, 0.2) is 29.8 Å². The van der Waals surface area contributed by atoms with Crippen molar-refractivity contribution in [2.75, 3.05) is 18.6 Å². The van der Waals surface area contributed by atoms with Crippen LogP contribution in [0.4, 0.5) is 5.13 Å². The molecule has 0 aliphatic carbocycles. The molecule has 3 aromatic rings. The number of aromatic hydroxyl groups is 1. The Bertz CT molecular complexity index is 1500. The summed E-state index contributed by atoms with van der Waals surface area (Å²) in [4.78, 5) is 47.9. The maximum absolute atomic E-state index is 13.0. The van der Waals surface area contributed by atoms with Crippen molar-refractivity contribution < 1.29 is 34.0 Å². The lowest BCUT2D eigenvalue weighted by molar-refractivity contribution is -0.687. The fraction of sp³-hybridized carbons (Fsp3) is 0.217. The normalized spacial score (nSPS) is 19.4. The van der Waals surface area contributed by atoms with Gasteiger partial charge in [0.05, 0.1) is 17.1 Å². The summed E-state index contributed by atoms with van der Waals surface area (Å²) in [7, 11) is 1.27. The third-order valence-electron chi connectivity index (χ3n) is 5.92. The smallest absolute Gasteiger partial charge is 0.276 e. The Kier molecular flexibility index (Phi) is 6.43. The van der Waals surface area contributed by atoms with Crippen molar-refractivity contribution in [3.8, 4) is 5.75 Å². The molecule has 12 nitrogen and oxygen atoms in total. The maximum atomic E-state index is 13.0. The number of carboxylic acid groups (broad SMARTS) is 1. The number of nitrogens with zero attached hydrogens (tertiary/aromatic N) is 4. The number of benzene rings is 1. The lowest BCUT2D eigenvalue weighted by Gasteiger charge is -2.50. The maximum Gasteiger partial charge on any atom is 0.276 e. The van der Waals surface area contributed by atoms with E-state index in [1.807, 2.05) is 12.1 Å². The molecular weight excluding hydrogens is 520 g/mol. The van der Waals surface area contributed by atoms with E-state index in [1.54, 1.807) is 29.1 Å². The first-order valence-corrected chi connectivity index (χ1v) is 12.8. The highest BCUT2D eigenvalue weighted by molar-refractivity contribution is 8.00. The van der Waals surface area contributed by atoms with E-state index in [1.165, 1.54) is 24.3 Å². The zero-order valence-corrected chi connectivity index (χ0v) is 20.9. The highest BCUT2D eigenvalue weighted by Crippen LogP contribution is 2.40. The quantitative estimate of drug-likeness (QED) is 0.152. The third-order valence-corrected chi connectivity index (χ3v) is 7.93. The van der Waals surface area contributed by atoms with Crippen molar-refractivity contribution in [3.63, 3.8) is 0 Å². The van der Waals surface area contributed by atoms with Gasteiger partial charge in [0, 0.05) is 22.8 Å². The van der Waals surface area contributed by atoms with Crippen LogP contribution in [-0.2, 0) is 25.8 Å². The number of anilines is 1. The lowest BCUT2D eigenvalue weighted by atomic mass is 10.0. The standard InChI is InChI=1S/C23H20N6O6S2/c1-35-27-16(14-10-37-23(24)25-14)19(31)26-17-20(32)29-18(22(33)34)12(9-36-21(17)29)7-28-6-5-11-3-2-4-15(30)13(11)8-28/h2-6,8,10,17,21H,7,9H2,1H3,(H4,24,25,26,31,33,34)/t17?,21-/m1/s1. The van der Waals surface area contributed by atoms with Gasteiger partial charge in [-0.2, -0.15) is 0 Å². The number of nitrogens with one attached hydrogen (secondary N) is 1. The van der Waals surface area contributed by atoms with Crippen LogP contribution < -0.4 is 20.7 Å². The molecule has 2 aliphatic heterocycles. The Morgan fingerprint density at radius 2 is 2.22 bits per heavy atom. The number of β-lactam (4-membered cyclic amide) rings is 1. The van der Waals surface area contributed by atoms with Crippen molar-refractivity contribution >= 4 is 62.5 Å². The molecule has 2 atom stereocenters. The number of amides is 2. The second kappa shape index (κ2) is 9.71. The molecule has 0 spiro atoms. The van der Waals surface area contributed by atoms with E-state index in [0.29, 0.717) is 11.0 Å².